The number of hydrogen-bond acceptors (Lipinski definition) is 3. The maximum atomic E-state index is 11.9. The zero-order valence-corrected chi connectivity index (χ0v) is 13.8. The van der Waals surface area contributed by atoms with Crippen LogP contribution in [0.3, 0.4) is 0 Å². The standard InChI is InChI=1S/C13H21BrN2O2S/c1-3-7-15-8-4-9-19(17,18)16-13-6-5-11(2)10-12(13)14/h5-6,10,15-16H,3-4,7-9H2,1-2H3. The number of benzene rings is 1. The second kappa shape index (κ2) is 7.87. The van der Waals surface area contributed by atoms with Gasteiger partial charge in [0.1, 0.15) is 0 Å². The predicted molar refractivity (Wildman–Crippen MR) is 84.1 cm³/mol. The van der Waals surface area contributed by atoms with Crippen LogP contribution >= 0.6 is 15.9 Å². The van der Waals surface area contributed by atoms with Gasteiger partial charge in [-0.1, -0.05) is 13.0 Å². The van der Waals surface area contributed by atoms with Crippen LogP contribution in [0.4, 0.5) is 5.69 Å². The lowest BCUT2D eigenvalue weighted by molar-refractivity contribution is 0.593. The third-order valence-electron chi connectivity index (χ3n) is 2.58. The molecule has 1 aromatic carbocycles. The molecule has 6 heteroatoms. The number of sulfonamides is 1. The molecule has 19 heavy (non-hydrogen) atoms. The van der Waals surface area contributed by atoms with Crippen molar-refractivity contribution in [2.75, 3.05) is 23.6 Å². The Morgan fingerprint density at radius 3 is 2.63 bits per heavy atom. The number of aryl methyl sites for hydroxylation is 1. The largest absolute Gasteiger partial charge is 0.317 e. The summed E-state index contributed by atoms with van der Waals surface area (Å²) in [6.07, 6.45) is 1.67. The Morgan fingerprint density at radius 2 is 2.00 bits per heavy atom. The van der Waals surface area contributed by atoms with E-state index in [2.05, 4.69) is 32.9 Å². The minimum absolute atomic E-state index is 0.129. The predicted octanol–water partition coefficient (Wildman–Crippen LogP) is 2.89. The number of rotatable bonds is 8. The molecular weight excluding hydrogens is 328 g/mol. The first-order valence-corrected chi connectivity index (χ1v) is 8.86. The van der Waals surface area contributed by atoms with Gasteiger partial charge in [-0.25, -0.2) is 8.42 Å². The SMILES string of the molecule is CCCNCCCS(=O)(=O)Nc1ccc(C)cc1Br. The molecule has 0 amide bonds. The van der Waals surface area contributed by atoms with Crippen LogP contribution in [0.25, 0.3) is 0 Å². The van der Waals surface area contributed by atoms with E-state index in [-0.39, 0.29) is 5.75 Å². The fourth-order valence-corrected chi connectivity index (χ4v) is 3.47. The number of hydrogen-bond donors (Lipinski definition) is 2. The third kappa shape index (κ3) is 6.40. The lowest BCUT2D eigenvalue weighted by Gasteiger charge is -2.10. The Balaban J connectivity index is 2.50. The highest BCUT2D eigenvalue weighted by molar-refractivity contribution is 9.10. The average Bonchev–Trinajstić information content (AvgIpc) is 2.32. The van der Waals surface area contributed by atoms with Crippen molar-refractivity contribution in [3.8, 4) is 0 Å². The van der Waals surface area contributed by atoms with Crippen LogP contribution in [0.2, 0.25) is 0 Å². The van der Waals surface area contributed by atoms with Crippen LogP contribution in [-0.4, -0.2) is 27.3 Å². The normalized spacial score (nSPS) is 11.5. The summed E-state index contributed by atoms with van der Waals surface area (Å²) in [6, 6.07) is 5.54. The Labute approximate surface area is 124 Å². The first-order chi connectivity index (χ1) is 8.94. The second-order valence-electron chi connectivity index (χ2n) is 4.51. The summed E-state index contributed by atoms with van der Waals surface area (Å²) in [5, 5.41) is 3.19. The van der Waals surface area contributed by atoms with Gasteiger partial charge in [-0.15, -0.1) is 0 Å². The topological polar surface area (TPSA) is 58.2 Å². The van der Waals surface area contributed by atoms with Crippen LogP contribution in [-0.2, 0) is 10.0 Å². The molecule has 0 aliphatic rings. The lowest BCUT2D eigenvalue weighted by Crippen LogP contribution is -2.22. The molecule has 0 bridgehead atoms. The molecule has 0 atom stereocenters. The first-order valence-electron chi connectivity index (χ1n) is 6.42. The molecule has 0 saturated carbocycles. The smallest absolute Gasteiger partial charge is 0.232 e. The third-order valence-corrected chi connectivity index (χ3v) is 4.60. The molecule has 0 radical (unpaired) electrons. The molecular formula is C13H21BrN2O2S. The minimum atomic E-state index is -3.28. The Hall–Kier alpha value is -0.590. The maximum absolute atomic E-state index is 11.9. The number of anilines is 1. The molecule has 0 heterocycles. The van der Waals surface area contributed by atoms with E-state index in [9.17, 15) is 8.42 Å². The van der Waals surface area contributed by atoms with E-state index in [0.717, 1.165) is 29.5 Å². The molecule has 0 aliphatic heterocycles. The van der Waals surface area contributed by atoms with Gasteiger partial charge in [-0.3, -0.25) is 4.72 Å². The van der Waals surface area contributed by atoms with Gasteiger partial charge < -0.3 is 5.32 Å². The van der Waals surface area contributed by atoms with E-state index in [0.29, 0.717) is 12.1 Å². The van der Waals surface area contributed by atoms with E-state index >= 15 is 0 Å². The Morgan fingerprint density at radius 1 is 1.26 bits per heavy atom. The van der Waals surface area contributed by atoms with Gasteiger partial charge in [0.05, 0.1) is 11.4 Å². The van der Waals surface area contributed by atoms with Crippen molar-refractivity contribution >= 4 is 31.6 Å². The number of nitrogens with one attached hydrogen (secondary N) is 2. The summed E-state index contributed by atoms with van der Waals surface area (Å²) in [5.41, 5.74) is 1.67. The van der Waals surface area contributed by atoms with Gasteiger partial charge in [-0.05, 0) is 66.5 Å². The first kappa shape index (κ1) is 16.5. The Kier molecular flexibility index (Phi) is 6.82. The van der Waals surface area contributed by atoms with Crippen molar-refractivity contribution in [2.24, 2.45) is 0 Å². The fraction of sp³-hybridized carbons (Fsp3) is 0.538. The summed E-state index contributed by atoms with van der Waals surface area (Å²) < 4.78 is 27.2. The molecule has 0 spiro atoms. The highest BCUT2D eigenvalue weighted by atomic mass is 79.9. The zero-order valence-electron chi connectivity index (χ0n) is 11.4. The molecule has 108 valence electrons. The van der Waals surface area contributed by atoms with Crippen molar-refractivity contribution in [3.05, 3.63) is 28.2 Å². The summed E-state index contributed by atoms with van der Waals surface area (Å²) >= 11 is 3.36. The molecule has 2 N–H and O–H groups in total. The summed E-state index contributed by atoms with van der Waals surface area (Å²) in [7, 11) is -3.28. The molecule has 1 rings (SSSR count). The molecule has 0 fully saturated rings. The maximum Gasteiger partial charge on any atom is 0.232 e. The molecule has 0 aromatic heterocycles. The van der Waals surface area contributed by atoms with Crippen molar-refractivity contribution < 1.29 is 8.42 Å². The van der Waals surface area contributed by atoms with E-state index in [4.69, 9.17) is 0 Å². The quantitative estimate of drug-likeness (QED) is 0.710. The van der Waals surface area contributed by atoms with Crippen LogP contribution < -0.4 is 10.0 Å². The van der Waals surface area contributed by atoms with Crippen molar-refractivity contribution in [2.45, 2.75) is 26.7 Å². The van der Waals surface area contributed by atoms with Gasteiger partial charge in [0.2, 0.25) is 10.0 Å². The van der Waals surface area contributed by atoms with E-state index in [1.165, 1.54) is 0 Å². The minimum Gasteiger partial charge on any atom is -0.317 e. The van der Waals surface area contributed by atoms with E-state index in [1.54, 1.807) is 6.07 Å². The average molecular weight is 349 g/mol. The van der Waals surface area contributed by atoms with Gasteiger partial charge in [-0.2, -0.15) is 0 Å². The van der Waals surface area contributed by atoms with Gasteiger partial charge in [0.25, 0.3) is 0 Å². The van der Waals surface area contributed by atoms with Crippen LogP contribution in [0.5, 0.6) is 0 Å². The molecule has 4 nitrogen and oxygen atoms in total. The van der Waals surface area contributed by atoms with Crippen molar-refractivity contribution in [1.82, 2.24) is 5.32 Å². The van der Waals surface area contributed by atoms with E-state index in [1.807, 2.05) is 19.1 Å². The molecule has 0 aliphatic carbocycles. The summed E-state index contributed by atoms with van der Waals surface area (Å²) in [6.45, 7) is 5.70. The second-order valence-corrected chi connectivity index (χ2v) is 7.20. The lowest BCUT2D eigenvalue weighted by atomic mass is 10.2. The summed E-state index contributed by atoms with van der Waals surface area (Å²) in [5.74, 6) is 0.129. The highest BCUT2D eigenvalue weighted by Gasteiger charge is 2.11. The van der Waals surface area contributed by atoms with E-state index < -0.39 is 10.0 Å². The van der Waals surface area contributed by atoms with Crippen LogP contribution in [0.15, 0.2) is 22.7 Å². The van der Waals surface area contributed by atoms with Crippen LogP contribution in [0.1, 0.15) is 25.3 Å². The molecule has 1 aromatic rings. The van der Waals surface area contributed by atoms with Crippen LogP contribution in [0, 0.1) is 6.92 Å². The summed E-state index contributed by atoms with van der Waals surface area (Å²) in [4.78, 5) is 0. The van der Waals surface area contributed by atoms with Gasteiger partial charge in [0, 0.05) is 4.47 Å². The Bertz CT molecular complexity index is 503. The number of halogens is 1. The molecule has 0 saturated heterocycles. The van der Waals surface area contributed by atoms with Gasteiger partial charge in [0.15, 0.2) is 0 Å². The highest BCUT2D eigenvalue weighted by Crippen LogP contribution is 2.24. The van der Waals surface area contributed by atoms with Gasteiger partial charge >= 0.3 is 0 Å². The van der Waals surface area contributed by atoms with Crippen molar-refractivity contribution in [3.63, 3.8) is 0 Å². The van der Waals surface area contributed by atoms with Crippen molar-refractivity contribution in [1.29, 1.82) is 0 Å². The molecule has 0 unspecified atom stereocenters. The zero-order chi connectivity index (χ0) is 14.3. The monoisotopic (exact) mass is 348 g/mol. The fourth-order valence-electron chi connectivity index (χ4n) is 1.61.